The first-order chi connectivity index (χ1) is 5.25. The van der Waals surface area contributed by atoms with Gasteiger partial charge in [0.05, 0.1) is 6.04 Å². The van der Waals surface area contributed by atoms with Crippen LogP contribution in [0.4, 0.5) is 0 Å². The second-order valence-electron chi connectivity index (χ2n) is 2.62. The smallest absolute Gasteiger partial charge is 0.240 e. The standard InChI is InChI=1S/C7H14N2OS/c1-3-9(2)7(10)6-4-11-5-8-6/h6,8H,3-5H2,1-2H3. The highest BCUT2D eigenvalue weighted by molar-refractivity contribution is 7.99. The zero-order valence-electron chi connectivity index (χ0n) is 6.96. The molecular weight excluding hydrogens is 160 g/mol. The monoisotopic (exact) mass is 174 g/mol. The Morgan fingerprint density at radius 1 is 1.82 bits per heavy atom. The molecule has 0 aromatic rings. The van der Waals surface area contributed by atoms with Gasteiger partial charge in [-0.15, -0.1) is 11.8 Å². The van der Waals surface area contributed by atoms with Gasteiger partial charge < -0.3 is 4.90 Å². The van der Waals surface area contributed by atoms with E-state index in [1.165, 1.54) is 0 Å². The predicted molar refractivity (Wildman–Crippen MR) is 47.6 cm³/mol. The van der Waals surface area contributed by atoms with Crippen molar-refractivity contribution in [1.82, 2.24) is 10.2 Å². The van der Waals surface area contributed by atoms with Gasteiger partial charge in [0.1, 0.15) is 0 Å². The van der Waals surface area contributed by atoms with Crippen molar-refractivity contribution in [3.05, 3.63) is 0 Å². The Balaban J connectivity index is 2.39. The number of amides is 1. The summed E-state index contributed by atoms with van der Waals surface area (Å²) in [4.78, 5) is 13.2. The molecule has 1 aliphatic rings. The predicted octanol–water partition coefficient (Wildman–Crippen LogP) is 0.127. The van der Waals surface area contributed by atoms with Crippen LogP contribution in [0, 0.1) is 0 Å². The molecule has 1 aliphatic heterocycles. The van der Waals surface area contributed by atoms with Crippen LogP contribution < -0.4 is 5.32 Å². The van der Waals surface area contributed by atoms with Crippen LogP contribution in [0.15, 0.2) is 0 Å². The Hall–Kier alpha value is -0.220. The minimum Gasteiger partial charge on any atom is -0.345 e. The van der Waals surface area contributed by atoms with Gasteiger partial charge in [-0.2, -0.15) is 0 Å². The molecule has 0 aliphatic carbocycles. The number of carbonyl (C=O) groups excluding carboxylic acids is 1. The number of thioether (sulfide) groups is 1. The van der Waals surface area contributed by atoms with E-state index < -0.39 is 0 Å². The maximum Gasteiger partial charge on any atom is 0.240 e. The summed E-state index contributed by atoms with van der Waals surface area (Å²) in [6, 6.07) is 0.0601. The summed E-state index contributed by atoms with van der Waals surface area (Å²) in [5.74, 6) is 2.05. The molecule has 64 valence electrons. The van der Waals surface area contributed by atoms with Crippen molar-refractivity contribution in [3.63, 3.8) is 0 Å². The number of nitrogens with one attached hydrogen (secondary N) is 1. The van der Waals surface area contributed by atoms with Crippen LogP contribution in [0.5, 0.6) is 0 Å². The number of hydrogen-bond acceptors (Lipinski definition) is 3. The number of nitrogens with zero attached hydrogens (tertiary/aromatic N) is 1. The molecule has 4 heteroatoms. The van der Waals surface area contributed by atoms with Crippen LogP contribution in [0.2, 0.25) is 0 Å². The zero-order valence-corrected chi connectivity index (χ0v) is 7.78. The summed E-state index contributed by atoms with van der Waals surface area (Å²) in [6.45, 7) is 2.78. The van der Waals surface area contributed by atoms with Gasteiger partial charge in [-0.05, 0) is 6.92 Å². The van der Waals surface area contributed by atoms with Crippen LogP contribution in [0.1, 0.15) is 6.92 Å². The van der Waals surface area contributed by atoms with Gasteiger partial charge in [0, 0.05) is 25.2 Å². The fourth-order valence-corrected chi connectivity index (χ4v) is 1.91. The summed E-state index contributed by atoms with van der Waals surface area (Å²) in [5, 5.41) is 3.14. The van der Waals surface area contributed by atoms with Gasteiger partial charge in [0.2, 0.25) is 5.91 Å². The van der Waals surface area contributed by atoms with E-state index in [0.717, 1.165) is 18.2 Å². The van der Waals surface area contributed by atoms with Gasteiger partial charge in [-0.3, -0.25) is 10.1 Å². The molecule has 1 fully saturated rings. The molecule has 1 N–H and O–H groups in total. The van der Waals surface area contributed by atoms with E-state index in [9.17, 15) is 4.79 Å². The largest absolute Gasteiger partial charge is 0.345 e. The molecule has 0 radical (unpaired) electrons. The first kappa shape index (κ1) is 8.87. The maximum absolute atomic E-state index is 11.4. The fraction of sp³-hybridized carbons (Fsp3) is 0.857. The van der Waals surface area contributed by atoms with Gasteiger partial charge in [-0.25, -0.2) is 0 Å². The molecule has 0 spiro atoms. The molecule has 1 amide bonds. The molecule has 3 nitrogen and oxygen atoms in total. The lowest BCUT2D eigenvalue weighted by atomic mass is 10.3. The van der Waals surface area contributed by atoms with Crippen LogP contribution in [0.3, 0.4) is 0 Å². The normalized spacial score (nSPS) is 23.6. The lowest BCUT2D eigenvalue weighted by Crippen LogP contribution is -2.42. The van der Waals surface area contributed by atoms with Crippen LogP contribution >= 0.6 is 11.8 Å². The lowest BCUT2D eigenvalue weighted by molar-refractivity contribution is -0.131. The van der Waals surface area contributed by atoms with Crippen molar-refractivity contribution in [1.29, 1.82) is 0 Å². The Morgan fingerprint density at radius 2 is 2.55 bits per heavy atom. The zero-order chi connectivity index (χ0) is 8.27. The van der Waals surface area contributed by atoms with Crippen molar-refractivity contribution >= 4 is 17.7 Å². The molecule has 1 atom stereocenters. The number of likely N-dealkylation sites (N-methyl/N-ethyl adjacent to an activating group) is 1. The summed E-state index contributed by atoms with van der Waals surface area (Å²) in [7, 11) is 1.84. The number of carbonyl (C=O) groups is 1. The molecule has 1 rings (SSSR count). The Bertz CT molecular complexity index is 145. The highest BCUT2D eigenvalue weighted by Gasteiger charge is 2.24. The van der Waals surface area contributed by atoms with E-state index in [1.807, 2.05) is 14.0 Å². The minimum atomic E-state index is 0.0601. The van der Waals surface area contributed by atoms with Crippen molar-refractivity contribution in [2.45, 2.75) is 13.0 Å². The first-order valence-electron chi connectivity index (χ1n) is 3.81. The minimum absolute atomic E-state index is 0.0601. The SMILES string of the molecule is CCN(C)C(=O)C1CSCN1. The molecule has 0 aromatic heterocycles. The quantitative estimate of drug-likeness (QED) is 0.645. The molecular formula is C7H14N2OS. The van der Waals surface area contributed by atoms with E-state index in [1.54, 1.807) is 16.7 Å². The van der Waals surface area contributed by atoms with Crippen molar-refractivity contribution in [3.8, 4) is 0 Å². The highest BCUT2D eigenvalue weighted by Crippen LogP contribution is 2.10. The van der Waals surface area contributed by atoms with Gasteiger partial charge in [0.25, 0.3) is 0 Å². The molecule has 0 bridgehead atoms. The van der Waals surface area contributed by atoms with E-state index >= 15 is 0 Å². The molecule has 0 aromatic carbocycles. The van der Waals surface area contributed by atoms with E-state index in [0.29, 0.717) is 0 Å². The second kappa shape index (κ2) is 3.97. The lowest BCUT2D eigenvalue weighted by Gasteiger charge is -2.18. The van der Waals surface area contributed by atoms with Crippen LogP contribution in [0.25, 0.3) is 0 Å². The third kappa shape index (κ3) is 2.10. The summed E-state index contributed by atoms with van der Waals surface area (Å²) in [6.07, 6.45) is 0. The first-order valence-corrected chi connectivity index (χ1v) is 4.97. The summed E-state index contributed by atoms with van der Waals surface area (Å²) >= 11 is 1.78. The molecule has 1 heterocycles. The Labute approximate surface area is 71.5 Å². The summed E-state index contributed by atoms with van der Waals surface area (Å²) < 4.78 is 0. The Kier molecular flexibility index (Phi) is 3.20. The molecule has 11 heavy (non-hydrogen) atoms. The van der Waals surface area contributed by atoms with Crippen molar-refractivity contribution in [2.75, 3.05) is 25.2 Å². The number of rotatable bonds is 2. The van der Waals surface area contributed by atoms with Gasteiger partial charge in [0.15, 0.2) is 0 Å². The van der Waals surface area contributed by atoms with Crippen LogP contribution in [-0.4, -0.2) is 42.1 Å². The van der Waals surface area contributed by atoms with Crippen molar-refractivity contribution in [2.24, 2.45) is 0 Å². The maximum atomic E-state index is 11.4. The summed E-state index contributed by atoms with van der Waals surface area (Å²) in [5.41, 5.74) is 0. The average Bonchev–Trinajstić information content (AvgIpc) is 2.53. The van der Waals surface area contributed by atoms with Crippen LogP contribution in [-0.2, 0) is 4.79 Å². The average molecular weight is 174 g/mol. The number of hydrogen-bond donors (Lipinski definition) is 1. The van der Waals surface area contributed by atoms with Crippen molar-refractivity contribution < 1.29 is 4.79 Å². The Morgan fingerprint density at radius 3 is 3.00 bits per heavy atom. The third-order valence-electron chi connectivity index (χ3n) is 1.86. The van der Waals surface area contributed by atoms with E-state index in [4.69, 9.17) is 0 Å². The fourth-order valence-electron chi connectivity index (χ4n) is 0.976. The topological polar surface area (TPSA) is 32.3 Å². The van der Waals surface area contributed by atoms with Gasteiger partial charge >= 0.3 is 0 Å². The van der Waals surface area contributed by atoms with Gasteiger partial charge in [-0.1, -0.05) is 0 Å². The molecule has 1 unspecified atom stereocenters. The van der Waals surface area contributed by atoms with E-state index in [-0.39, 0.29) is 11.9 Å². The third-order valence-corrected chi connectivity index (χ3v) is 2.80. The van der Waals surface area contributed by atoms with E-state index in [2.05, 4.69) is 5.32 Å². The second-order valence-corrected chi connectivity index (χ2v) is 3.65. The molecule has 0 saturated carbocycles. The molecule has 1 saturated heterocycles. The highest BCUT2D eigenvalue weighted by atomic mass is 32.2.